The highest BCUT2D eigenvalue weighted by molar-refractivity contribution is 6.34. The Morgan fingerprint density at radius 2 is 2.11 bits per heavy atom. The standard InChI is InChI=1S/C12H8ClFN2O2/c13-9-5-8(17)2-4-10(9)16-12(18)11-3-1-7(14)6-15-11/h1-6,17H,(H,16,18). The predicted molar refractivity (Wildman–Crippen MR) is 65.3 cm³/mol. The maximum absolute atomic E-state index is 12.6. The van der Waals surface area contributed by atoms with Crippen molar-refractivity contribution in [2.45, 2.75) is 0 Å². The van der Waals surface area contributed by atoms with Gasteiger partial charge >= 0.3 is 0 Å². The lowest BCUT2D eigenvalue weighted by Crippen LogP contribution is -2.13. The van der Waals surface area contributed by atoms with Crippen LogP contribution in [-0.2, 0) is 0 Å². The summed E-state index contributed by atoms with van der Waals surface area (Å²) < 4.78 is 12.6. The Morgan fingerprint density at radius 1 is 1.33 bits per heavy atom. The summed E-state index contributed by atoms with van der Waals surface area (Å²) in [5, 5.41) is 11.9. The van der Waals surface area contributed by atoms with Gasteiger partial charge in [0.15, 0.2) is 0 Å². The molecular weight excluding hydrogens is 259 g/mol. The van der Waals surface area contributed by atoms with Gasteiger partial charge in [0.2, 0.25) is 0 Å². The molecule has 0 spiro atoms. The van der Waals surface area contributed by atoms with E-state index in [1.54, 1.807) is 0 Å². The fourth-order valence-electron chi connectivity index (χ4n) is 1.30. The molecule has 0 fully saturated rings. The number of hydrogen-bond donors (Lipinski definition) is 2. The van der Waals surface area contributed by atoms with Crippen LogP contribution in [0, 0.1) is 5.82 Å². The van der Waals surface area contributed by atoms with E-state index in [1.807, 2.05) is 0 Å². The number of hydrogen-bond acceptors (Lipinski definition) is 3. The molecule has 2 aromatic rings. The Kier molecular flexibility index (Phi) is 3.43. The lowest BCUT2D eigenvalue weighted by molar-refractivity contribution is 0.102. The lowest BCUT2D eigenvalue weighted by atomic mass is 10.2. The number of nitrogens with zero attached hydrogens (tertiary/aromatic N) is 1. The van der Waals surface area contributed by atoms with Gasteiger partial charge in [0.05, 0.1) is 16.9 Å². The summed E-state index contributed by atoms with van der Waals surface area (Å²) in [5.74, 6) is -1.03. The number of aromatic hydroxyl groups is 1. The molecule has 1 aromatic heterocycles. The predicted octanol–water partition coefficient (Wildman–Crippen LogP) is 2.83. The summed E-state index contributed by atoms with van der Waals surface area (Å²) in [4.78, 5) is 15.4. The molecule has 0 radical (unpaired) electrons. The average Bonchev–Trinajstić information content (AvgIpc) is 2.33. The number of benzene rings is 1. The van der Waals surface area contributed by atoms with Gasteiger partial charge in [-0.25, -0.2) is 9.37 Å². The van der Waals surface area contributed by atoms with Crippen LogP contribution in [-0.4, -0.2) is 16.0 Å². The lowest BCUT2D eigenvalue weighted by Gasteiger charge is -2.06. The number of rotatable bonds is 2. The molecule has 92 valence electrons. The van der Waals surface area contributed by atoms with Crippen molar-refractivity contribution in [3.63, 3.8) is 0 Å². The van der Waals surface area contributed by atoms with E-state index in [0.29, 0.717) is 5.69 Å². The Bertz CT molecular complexity index is 587. The minimum absolute atomic E-state index is 0.00194. The number of phenols is 1. The third kappa shape index (κ3) is 2.75. The van der Waals surface area contributed by atoms with Crippen molar-refractivity contribution in [2.75, 3.05) is 5.32 Å². The fourth-order valence-corrected chi connectivity index (χ4v) is 1.52. The normalized spacial score (nSPS) is 10.1. The van der Waals surface area contributed by atoms with Gasteiger partial charge in [-0.15, -0.1) is 0 Å². The maximum Gasteiger partial charge on any atom is 0.274 e. The third-order valence-corrected chi connectivity index (χ3v) is 2.47. The van der Waals surface area contributed by atoms with Crippen LogP contribution in [0.2, 0.25) is 5.02 Å². The van der Waals surface area contributed by atoms with Crippen molar-refractivity contribution < 1.29 is 14.3 Å². The zero-order valence-electron chi connectivity index (χ0n) is 9.02. The van der Waals surface area contributed by atoms with Gasteiger partial charge in [-0.2, -0.15) is 0 Å². The summed E-state index contributed by atoms with van der Waals surface area (Å²) in [5.41, 5.74) is 0.408. The topological polar surface area (TPSA) is 62.2 Å². The average molecular weight is 267 g/mol. The zero-order valence-corrected chi connectivity index (χ0v) is 9.78. The smallest absolute Gasteiger partial charge is 0.274 e. The van der Waals surface area contributed by atoms with Crippen LogP contribution in [0.3, 0.4) is 0 Å². The molecule has 0 aliphatic heterocycles. The third-order valence-electron chi connectivity index (χ3n) is 2.16. The first kappa shape index (κ1) is 12.3. The van der Waals surface area contributed by atoms with E-state index in [2.05, 4.69) is 10.3 Å². The molecule has 0 bridgehead atoms. The first-order chi connectivity index (χ1) is 8.56. The Morgan fingerprint density at radius 3 is 2.72 bits per heavy atom. The summed E-state index contributed by atoms with van der Waals surface area (Å²) in [6.07, 6.45) is 0.952. The van der Waals surface area contributed by atoms with Gasteiger partial charge in [-0.3, -0.25) is 4.79 Å². The quantitative estimate of drug-likeness (QED) is 0.822. The minimum atomic E-state index is -0.519. The molecule has 0 aliphatic rings. The summed E-state index contributed by atoms with van der Waals surface area (Å²) >= 11 is 5.83. The van der Waals surface area contributed by atoms with E-state index in [0.717, 1.165) is 12.3 Å². The highest BCUT2D eigenvalue weighted by Gasteiger charge is 2.10. The number of pyridine rings is 1. The van der Waals surface area contributed by atoms with E-state index in [9.17, 15) is 9.18 Å². The molecule has 6 heteroatoms. The van der Waals surface area contributed by atoms with E-state index in [-0.39, 0.29) is 16.5 Å². The number of nitrogens with one attached hydrogen (secondary N) is 1. The summed E-state index contributed by atoms with van der Waals surface area (Å²) in [6.45, 7) is 0. The van der Waals surface area contributed by atoms with Gasteiger partial charge in [0, 0.05) is 6.07 Å². The van der Waals surface area contributed by atoms with Crippen molar-refractivity contribution in [2.24, 2.45) is 0 Å². The Labute approximate surface area is 107 Å². The van der Waals surface area contributed by atoms with Crippen molar-refractivity contribution in [3.05, 3.63) is 53.1 Å². The number of halogens is 2. The number of anilines is 1. The number of phenolic OH excluding ortho intramolecular Hbond substituents is 1. The molecule has 1 amide bonds. The zero-order chi connectivity index (χ0) is 13.1. The first-order valence-electron chi connectivity index (χ1n) is 4.97. The van der Waals surface area contributed by atoms with Crippen molar-refractivity contribution in [3.8, 4) is 5.75 Å². The number of carbonyl (C=O) groups excluding carboxylic acids is 1. The Hall–Kier alpha value is -2.14. The van der Waals surface area contributed by atoms with Crippen LogP contribution in [0.5, 0.6) is 5.75 Å². The van der Waals surface area contributed by atoms with Crippen LogP contribution in [0.25, 0.3) is 0 Å². The molecule has 4 nitrogen and oxygen atoms in total. The molecule has 0 saturated heterocycles. The molecule has 1 aromatic carbocycles. The van der Waals surface area contributed by atoms with Gasteiger partial charge in [-0.05, 0) is 24.3 Å². The molecule has 0 unspecified atom stereocenters. The number of carbonyl (C=O) groups is 1. The molecular formula is C12H8ClFN2O2. The van der Waals surface area contributed by atoms with Gasteiger partial charge in [0.1, 0.15) is 17.3 Å². The second kappa shape index (κ2) is 5.01. The summed E-state index contributed by atoms with van der Waals surface area (Å²) in [6, 6.07) is 6.55. The SMILES string of the molecule is O=C(Nc1ccc(O)cc1Cl)c1ccc(F)cn1. The molecule has 0 atom stereocenters. The van der Waals surface area contributed by atoms with Gasteiger partial charge in [0.25, 0.3) is 5.91 Å². The van der Waals surface area contributed by atoms with Crippen LogP contribution in [0.1, 0.15) is 10.5 Å². The molecule has 0 saturated carbocycles. The van der Waals surface area contributed by atoms with Crippen LogP contribution in [0.15, 0.2) is 36.5 Å². The molecule has 18 heavy (non-hydrogen) atoms. The van der Waals surface area contributed by atoms with E-state index < -0.39 is 11.7 Å². The molecule has 0 aliphatic carbocycles. The van der Waals surface area contributed by atoms with Gasteiger partial charge in [-0.1, -0.05) is 11.6 Å². The minimum Gasteiger partial charge on any atom is -0.508 e. The highest BCUT2D eigenvalue weighted by Crippen LogP contribution is 2.26. The summed E-state index contributed by atoms with van der Waals surface area (Å²) in [7, 11) is 0. The first-order valence-corrected chi connectivity index (χ1v) is 5.35. The van der Waals surface area contributed by atoms with Crippen molar-refractivity contribution in [1.29, 1.82) is 0 Å². The highest BCUT2D eigenvalue weighted by atomic mass is 35.5. The molecule has 2 N–H and O–H groups in total. The van der Waals surface area contributed by atoms with Gasteiger partial charge < -0.3 is 10.4 Å². The monoisotopic (exact) mass is 266 g/mol. The second-order valence-corrected chi connectivity index (χ2v) is 3.89. The molecule has 1 heterocycles. The van der Waals surface area contributed by atoms with E-state index in [4.69, 9.17) is 16.7 Å². The fraction of sp³-hybridized carbons (Fsp3) is 0. The Balaban J connectivity index is 2.18. The van der Waals surface area contributed by atoms with Crippen LogP contribution in [0.4, 0.5) is 10.1 Å². The maximum atomic E-state index is 12.6. The largest absolute Gasteiger partial charge is 0.508 e. The van der Waals surface area contributed by atoms with Crippen LogP contribution >= 0.6 is 11.6 Å². The number of amides is 1. The second-order valence-electron chi connectivity index (χ2n) is 3.48. The molecule has 2 rings (SSSR count). The van der Waals surface area contributed by atoms with E-state index >= 15 is 0 Å². The van der Waals surface area contributed by atoms with Crippen molar-refractivity contribution in [1.82, 2.24) is 4.98 Å². The number of aromatic nitrogens is 1. The van der Waals surface area contributed by atoms with Crippen molar-refractivity contribution >= 4 is 23.2 Å². The van der Waals surface area contributed by atoms with E-state index in [1.165, 1.54) is 24.3 Å². The van der Waals surface area contributed by atoms with Crippen LogP contribution < -0.4 is 5.32 Å².